The lowest BCUT2D eigenvalue weighted by molar-refractivity contribution is 0.0930. The van der Waals surface area contributed by atoms with E-state index in [0.717, 1.165) is 24.8 Å². The molecule has 2 heterocycles. The first kappa shape index (κ1) is 14.1. The maximum atomic E-state index is 12.5. The van der Waals surface area contributed by atoms with Crippen molar-refractivity contribution in [3.63, 3.8) is 0 Å². The van der Waals surface area contributed by atoms with Gasteiger partial charge in [-0.2, -0.15) is 0 Å². The van der Waals surface area contributed by atoms with Crippen LogP contribution in [0.25, 0.3) is 4.96 Å². The van der Waals surface area contributed by atoms with E-state index in [1.165, 1.54) is 27.5 Å². The van der Waals surface area contributed by atoms with Gasteiger partial charge in [-0.1, -0.05) is 24.3 Å². The average molecular weight is 325 g/mol. The molecule has 116 valence electrons. The Morgan fingerprint density at radius 3 is 3.13 bits per heavy atom. The molecule has 0 spiro atoms. The number of rotatable bonds is 2. The third kappa shape index (κ3) is 2.45. The van der Waals surface area contributed by atoms with Crippen molar-refractivity contribution >= 4 is 22.2 Å². The van der Waals surface area contributed by atoms with Gasteiger partial charge in [-0.3, -0.25) is 14.0 Å². The maximum Gasteiger partial charge on any atom is 0.271 e. The normalized spacial score (nSPS) is 17.0. The third-order valence-corrected chi connectivity index (χ3v) is 5.03. The van der Waals surface area contributed by atoms with E-state index in [0.29, 0.717) is 4.96 Å². The van der Waals surface area contributed by atoms with Crippen molar-refractivity contribution in [1.82, 2.24) is 14.7 Å². The van der Waals surface area contributed by atoms with Gasteiger partial charge in [-0.15, -0.1) is 11.3 Å². The Kier molecular flexibility index (Phi) is 3.46. The van der Waals surface area contributed by atoms with Crippen LogP contribution in [-0.4, -0.2) is 15.3 Å². The number of fused-ring (bicyclic) bond motifs is 2. The number of thiazole rings is 1. The molecule has 1 aliphatic rings. The summed E-state index contributed by atoms with van der Waals surface area (Å²) in [5, 5.41) is 4.78. The molecule has 1 N–H and O–H groups in total. The van der Waals surface area contributed by atoms with Crippen molar-refractivity contribution in [2.24, 2.45) is 0 Å². The molecule has 1 aromatic carbocycles. The smallest absolute Gasteiger partial charge is 0.271 e. The van der Waals surface area contributed by atoms with Crippen LogP contribution in [0.15, 0.2) is 46.8 Å². The van der Waals surface area contributed by atoms with Crippen molar-refractivity contribution in [3.8, 4) is 0 Å². The molecule has 0 fully saturated rings. The monoisotopic (exact) mass is 325 g/mol. The van der Waals surface area contributed by atoms with Crippen molar-refractivity contribution < 1.29 is 4.79 Å². The second kappa shape index (κ2) is 5.62. The predicted molar refractivity (Wildman–Crippen MR) is 88.9 cm³/mol. The molecule has 1 atom stereocenters. The first-order chi connectivity index (χ1) is 11.2. The number of carbonyl (C=O) groups excluding carboxylic acids is 1. The number of aromatic nitrogens is 2. The van der Waals surface area contributed by atoms with Crippen LogP contribution < -0.4 is 10.9 Å². The Hall–Kier alpha value is -2.47. The van der Waals surface area contributed by atoms with Gasteiger partial charge in [0.05, 0.1) is 6.04 Å². The number of benzene rings is 1. The topological polar surface area (TPSA) is 63.5 Å². The molecule has 0 saturated heterocycles. The Morgan fingerprint density at radius 2 is 2.22 bits per heavy atom. The maximum absolute atomic E-state index is 12.5. The van der Waals surface area contributed by atoms with Gasteiger partial charge in [0.25, 0.3) is 11.5 Å². The average Bonchev–Trinajstić information content (AvgIpc) is 3.05. The Labute approximate surface area is 136 Å². The molecule has 5 nitrogen and oxygen atoms in total. The Morgan fingerprint density at radius 1 is 1.35 bits per heavy atom. The largest absolute Gasteiger partial charge is 0.345 e. The predicted octanol–water partition coefficient (Wildman–Crippen LogP) is 2.56. The molecule has 0 aliphatic heterocycles. The molecular weight excluding hydrogens is 310 g/mol. The quantitative estimate of drug-likeness (QED) is 0.787. The number of hydrogen-bond donors (Lipinski definition) is 1. The standard InChI is InChI=1S/C17H15N3O2S/c21-15(13-10-18-17-20(16(13)22)8-9-23-17)19-14-7-3-5-11-4-1-2-6-12(11)14/h1-2,4,6,8-10,14H,3,5,7H2,(H,19,21)/t14-/m1/s1. The highest BCUT2D eigenvalue weighted by Crippen LogP contribution is 2.29. The van der Waals surface area contributed by atoms with E-state index in [4.69, 9.17) is 0 Å². The molecule has 0 radical (unpaired) electrons. The molecule has 1 aliphatic carbocycles. The summed E-state index contributed by atoms with van der Waals surface area (Å²) in [4.78, 5) is 29.7. The summed E-state index contributed by atoms with van der Waals surface area (Å²) in [6.07, 6.45) is 5.97. The van der Waals surface area contributed by atoms with Gasteiger partial charge in [-0.05, 0) is 30.4 Å². The summed E-state index contributed by atoms with van der Waals surface area (Å²) in [7, 11) is 0. The van der Waals surface area contributed by atoms with E-state index in [-0.39, 0.29) is 23.1 Å². The van der Waals surface area contributed by atoms with Gasteiger partial charge < -0.3 is 5.32 Å². The van der Waals surface area contributed by atoms with Crippen molar-refractivity contribution in [3.05, 3.63) is 69.1 Å². The molecule has 0 unspecified atom stereocenters. The molecule has 6 heteroatoms. The van der Waals surface area contributed by atoms with E-state index < -0.39 is 0 Å². The molecule has 1 amide bonds. The van der Waals surface area contributed by atoms with E-state index in [2.05, 4.69) is 16.4 Å². The minimum absolute atomic E-state index is 0.0463. The highest BCUT2D eigenvalue weighted by Gasteiger charge is 2.23. The molecular formula is C17H15N3O2S. The lowest BCUT2D eigenvalue weighted by Gasteiger charge is -2.26. The molecule has 23 heavy (non-hydrogen) atoms. The second-order valence-electron chi connectivity index (χ2n) is 5.65. The third-order valence-electron chi connectivity index (χ3n) is 4.26. The van der Waals surface area contributed by atoms with E-state index in [9.17, 15) is 9.59 Å². The van der Waals surface area contributed by atoms with Crippen molar-refractivity contribution in [1.29, 1.82) is 0 Å². The number of aryl methyl sites for hydroxylation is 1. The zero-order valence-corrected chi connectivity index (χ0v) is 13.2. The zero-order chi connectivity index (χ0) is 15.8. The second-order valence-corrected chi connectivity index (χ2v) is 6.52. The molecule has 0 bridgehead atoms. The fourth-order valence-corrected chi connectivity index (χ4v) is 3.80. The van der Waals surface area contributed by atoms with Crippen molar-refractivity contribution in [2.45, 2.75) is 25.3 Å². The summed E-state index contributed by atoms with van der Waals surface area (Å²) in [5.41, 5.74) is 2.19. The molecule has 3 aromatic rings. The lowest BCUT2D eigenvalue weighted by atomic mass is 9.87. The molecule has 2 aromatic heterocycles. The fraction of sp³-hybridized carbons (Fsp3) is 0.235. The van der Waals surface area contributed by atoms with Crippen LogP contribution in [-0.2, 0) is 6.42 Å². The van der Waals surface area contributed by atoms with Crippen molar-refractivity contribution in [2.75, 3.05) is 0 Å². The van der Waals surface area contributed by atoms with E-state index in [1.54, 1.807) is 11.6 Å². The zero-order valence-electron chi connectivity index (χ0n) is 12.4. The van der Waals surface area contributed by atoms with Crippen LogP contribution in [0.1, 0.15) is 40.4 Å². The number of hydrogen-bond acceptors (Lipinski definition) is 4. The minimum Gasteiger partial charge on any atom is -0.345 e. The summed E-state index contributed by atoms with van der Waals surface area (Å²) in [5.74, 6) is -0.357. The van der Waals surface area contributed by atoms with Crippen LogP contribution in [0.3, 0.4) is 0 Å². The number of nitrogens with one attached hydrogen (secondary N) is 1. The number of nitrogens with zero attached hydrogens (tertiary/aromatic N) is 2. The fourth-order valence-electron chi connectivity index (χ4n) is 3.12. The van der Waals surface area contributed by atoms with Gasteiger partial charge >= 0.3 is 0 Å². The molecule has 0 saturated carbocycles. The first-order valence-corrected chi connectivity index (χ1v) is 8.45. The van der Waals surface area contributed by atoms with Gasteiger partial charge in [0.2, 0.25) is 0 Å². The van der Waals surface area contributed by atoms with E-state index in [1.807, 2.05) is 18.2 Å². The van der Waals surface area contributed by atoms with Crippen LogP contribution in [0, 0.1) is 0 Å². The number of carbonyl (C=O) groups is 1. The minimum atomic E-state index is -0.357. The summed E-state index contributed by atoms with van der Waals surface area (Å²) in [6, 6.07) is 8.10. The summed E-state index contributed by atoms with van der Waals surface area (Å²) < 4.78 is 1.41. The van der Waals surface area contributed by atoms with Crippen LogP contribution in [0.2, 0.25) is 0 Å². The van der Waals surface area contributed by atoms with Gasteiger partial charge in [0.15, 0.2) is 4.96 Å². The SMILES string of the molecule is O=C(N[C@@H]1CCCc2ccccc21)c1cnc2sccn2c1=O. The Balaban J connectivity index is 1.65. The highest BCUT2D eigenvalue weighted by atomic mass is 32.1. The van der Waals surface area contributed by atoms with Gasteiger partial charge in [-0.25, -0.2) is 4.98 Å². The number of amides is 1. The first-order valence-electron chi connectivity index (χ1n) is 7.57. The van der Waals surface area contributed by atoms with Crippen LogP contribution in [0.5, 0.6) is 0 Å². The molecule has 4 rings (SSSR count). The van der Waals surface area contributed by atoms with Crippen LogP contribution in [0.4, 0.5) is 0 Å². The van der Waals surface area contributed by atoms with Gasteiger partial charge in [0.1, 0.15) is 5.56 Å². The van der Waals surface area contributed by atoms with E-state index >= 15 is 0 Å². The van der Waals surface area contributed by atoms with Gasteiger partial charge in [0, 0.05) is 17.8 Å². The summed E-state index contributed by atoms with van der Waals surface area (Å²) >= 11 is 1.37. The highest BCUT2D eigenvalue weighted by molar-refractivity contribution is 7.15. The van der Waals surface area contributed by atoms with Crippen LogP contribution >= 0.6 is 11.3 Å². The lowest BCUT2D eigenvalue weighted by Crippen LogP contribution is -2.35. The summed E-state index contributed by atoms with van der Waals surface area (Å²) in [6.45, 7) is 0. The Bertz CT molecular complexity index is 944.